The van der Waals surface area contributed by atoms with Gasteiger partial charge in [0.05, 0.1) is 22.0 Å². The predicted octanol–water partition coefficient (Wildman–Crippen LogP) is 5.67. The van der Waals surface area contributed by atoms with Crippen molar-refractivity contribution in [3.05, 3.63) is 91.4 Å². The number of hydrogen-bond donors (Lipinski definition) is 1. The molecule has 186 valence electrons. The number of imide groups is 1. The summed E-state index contributed by atoms with van der Waals surface area (Å²) in [6.45, 7) is 0. The molecule has 1 fully saturated rings. The van der Waals surface area contributed by atoms with Gasteiger partial charge in [-0.25, -0.2) is 0 Å². The predicted molar refractivity (Wildman–Crippen MR) is 142 cm³/mol. The lowest BCUT2D eigenvalue weighted by Crippen LogP contribution is -2.39. The van der Waals surface area contributed by atoms with E-state index in [-0.39, 0.29) is 51.2 Å². The molecule has 2 aromatic rings. The molecular weight excluding hydrogens is 581 g/mol. The Morgan fingerprint density at radius 2 is 1.62 bits per heavy atom. The number of halogens is 3. The van der Waals surface area contributed by atoms with E-state index in [4.69, 9.17) is 23.2 Å². The van der Waals surface area contributed by atoms with Crippen LogP contribution in [-0.2, 0) is 19.2 Å². The molecule has 6 nitrogen and oxygen atoms in total. The molecule has 0 bridgehead atoms. The molecule has 4 aliphatic rings. The van der Waals surface area contributed by atoms with Crippen molar-refractivity contribution in [1.82, 2.24) is 0 Å². The average Bonchev–Trinajstić information content (AvgIpc) is 3.13. The molecule has 9 heteroatoms. The number of benzene rings is 2. The Labute approximate surface area is 230 Å². The number of carbonyl (C=O) groups excluding carboxylic acids is 4. The number of nitrogens with zero attached hydrogens (tertiary/aromatic N) is 1. The number of rotatable bonds is 2. The van der Waals surface area contributed by atoms with Crippen LogP contribution in [0, 0.1) is 17.8 Å². The first-order valence-electron chi connectivity index (χ1n) is 11.7. The number of phenolic OH excluding ortho intramolecular Hbond substituents is 1. The van der Waals surface area contributed by atoms with E-state index in [1.165, 1.54) is 23.1 Å². The van der Waals surface area contributed by atoms with Crippen LogP contribution in [0.2, 0.25) is 10.0 Å². The van der Waals surface area contributed by atoms with E-state index in [1.54, 1.807) is 30.3 Å². The molecule has 0 aromatic heterocycles. The van der Waals surface area contributed by atoms with Crippen molar-refractivity contribution in [2.75, 3.05) is 4.90 Å². The molecule has 4 atom stereocenters. The van der Waals surface area contributed by atoms with Gasteiger partial charge in [0, 0.05) is 38.7 Å². The number of carbonyl (C=O) groups is 4. The van der Waals surface area contributed by atoms with Crippen LogP contribution < -0.4 is 4.90 Å². The number of hydrogen-bond acceptors (Lipinski definition) is 5. The van der Waals surface area contributed by atoms with Crippen molar-refractivity contribution in [2.45, 2.75) is 18.8 Å². The summed E-state index contributed by atoms with van der Waals surface area (Å²) in [5.74, 6) is -4.00. The van der Waals surface area contributed by atoms with Gasteiger partial charge in [-0.05, 0) is 77.2 Å². The number of fused-ring (bicyclic) bond motifs is 3. The fourth-order valence-electron chi connectivity index (χ4n) is 6.16. The highest BCUT2D eigenvalue weighted by atomic mass is 79.9. The van der Waals surface area contributed by atoms with Crippen LogP contribution in [0.5, 0.6) is 5.75 Å². The summed E-state index contributed by atoms with van der Waals surface area (Å²) in [5, 5.41) is 11.6. The number of ketones is 2. The molecule has 3 aliphatic carbocycles. The van der Waals surface area contributed by atoms with Crippen molar-refractivity contribution in [3.8, 4) is 5.75 Å². The Morgan fingerprint density at radius 3 is 2.35 bits per heavy atom. The highest BCUT2D eigenvalue weighted by Crippen LogP contribution is 2.56. The second-order valence-electron chi connectivity index (χ2n) is 9.59. The largest absolute Gasteiger partial charge is 0.508 e. The Hall–Kier alpha value is -3.00. The molecular formula is C28H18BrCl2NO5. The smallest absolute Gasteiger partial charge is 0.238 e. The topological polar surface area (TPSA) is 91.8 Å². The van der Waals surface area contributed by atoms with E-state index >= 15 is 0 Å². The minimum atomic E-state index is -0.769. The Balaban J connectivity index is 1.50. The third-order valence-electron chi connectivity index (χ3n) is 7.72. The zero-order chi connectivity index (χ0) is 26.2. The van der Waals surface area contributed by atoms with Crippen LogP contribution in [0.4, 0.5) is 5.69 Å². The van der Waals surface area contributed by atoms with Gasteiger partial charge in [-0.3, -0.25) is 24.1 Å². The Morgan fingerprint density at radius 1 is 0.919 bits per heavy atom. The fraction of sp³-hybridized carbons (Fsp3) is 0.214. The van der Waals surface area contributed by atoms with Gasteiger partial charge in [0.2, 0.25) is 11.8 Å². The van der Waals surface area contributed by atoms with Gasteiger partial charge in [0.25, 0.3) is 0 Å². The summed E-state index contributed by atoms with van der Waals surface area (Å²) < 4.78 is 0.140. The highest BCUT2D eigenvalue weighted by Gasteiger charge is 2.56. The lowest BCUT2D eigenvalue weighted by molar-refractivity contribution is -0.123. The molecule has 1 heterocycles. The number of anilines is 1. The van der Waals surface area contributed by atoms with Crippen LogP contribution in [-0.4, -0.2) is 28.5 Å². The monoisotopic (exact) mass is 597 g/mol. The molecule has 1 aliphatic heterocycles. The summed E-state index contributed by atoms with van der Waals surface area (Å²) in [5.41, 5.74) is 2.12. The minimum Gasteiger partial charge on any atom is -0.508 e. The molecule has 1 N–H and O–H groups in total. The standard InChI is InChI=1S/C28H18BrCl2NO5/c29-20-11-22(34)25-19(26(20)35)10-17-15(23(25)18-9-13(31)3-8-21(18)33)6-7-16-24(17)28(37)32(27(16)36)14-4-1-12(30)2-5-14/h1-6,8-9,11,16-17,23-24,33H,7,10H2. The maximum Gasteiger partial charge on any atom is 0.238 e. The SMILES string of the molecule is O=C1C=C(Br)C(=O)C2=C1C(c1cc(Cl)ccc1O)C1=CCC3C(=O)N(c4ccc(Cl)cc4)C(=O)C3C1C2. The zero-order valence-electron chi connectivity index (χ0n) is 19.1. The quantitative estimate of drug-likeness (QED) is 0.273. The van der Waals surface area contributed by atoms with Crippen LogP contribution in [0.3, 0.4) is 0 Å². The van der Waals surface area contributed by atoms with E-state index in [2.05, 4.69) is 15.9 Å². The van der Waals surface area contributed by atoms with Crippen LogP contribution in [0.15, 0.2) is 75.8 Å². The van der Waals surface area contributed by atoms with Crippen LogP contribution in [0.25, 0.3) is 0 Å². The first kappa shape index (κ1) is 24.3. The summed E-state index contributed by atoms with van der Waals surface area (Å²) in [7, 11) is 0. The molecule has 2 aromatic carbocycles. The normalized spacial score (nSPS) is 27.1. The van der Waals surface area contributed by atoms with Gasteiger partial charge in [-0.15, -0.1) is 0 Å². The van der Waals surface area contributed by atoms with E-state index in [0.29, 0.717) is 27.7 Å². The molecule has 2 amide bonds. The minimum absolute atomic E-state index is 0.0737. The van der Waals surface area contributed by atoms with E-state index in [1.807, 2.05) is 6.08 Å². The first-order chi connectivity index (χ1) is 17.7. The van der Waals surface area contributed by atoms with Crippen molar-refractivity contribution in [1.29, 1.82) is 0 Å². The van der Waals surface area contributed by atoms with E-state index < -0.39 is 23.7 Å². The second kappa shape index (κ2) is 8.79. The molecule has 37 heavy (non-hydrogen) atoms. The van der Waals surface area contributed by atoms with Crippen molar-refractivity contribution < 1.29 is 24.3 Å². The molecule has 1 saturated heterocycles. The second-order valence-corrected chi connectivity index (χ2v) is 11.3. The summed E-state index contributed by atoms with van der Waals surface area (Å²) >= 11 is 15.5. The lowest BCUT2D eigenvalue weighted by atomic mass is 9.59. The summed E-state index contributed by atoms with van der Waals surface area (Å²) in [6.07, 6.45) is 3.57. The van der Waals surface area contributed by atoms with Gasteiger partial charge in [-0.1, -0.05) is 34.9 Å². The van der Waals surface area contributed by atoms with Crippen LogP contribution >= 0.6 is 39.1 Å². The lowest BCUT2D eigenvalue weighted by Gasteiger charge is -2.42. The third-order valence-corrected chi connectivity index (χ3v) is 8.79. The van der Waals surface area contributed by atoms with E-state index in [0.717, 1.165) is 5.57 Å². The molecule has 0 radical (unpaired) electrons. The highest BCUT2D eigenvalue weighted by molar-refractivity contribution is 9.12. The van der Waals surface area contributed by atoms with Gasteiger partial charge in [0.15, 0.2) is 11.6 Å². The zero-order valence-corrected chi connectivity index (χ0v) is 22.2. The summed E-state index contributed by atoms with van der Waals surface area (Å²) in [6, 6.07) is 11.1. The third kappa shape index (κ3) is 3.67. The van der Waals surface area contributed by atoms with Crippen molar-refractivity contribution in [2.24, 2.45) is 17.8 Å². The number of amides is 2. The van der Waals surface area contributed by atoms with Crippen molar-refractivity contribution in [3.63, 3.8) is 0 Å². The van der Waals surface area contributed by atoms with Crippen LogP contribution in [0.1, 0.15) is 24.3 Å². The average molecular weight is 599 g/mol. The van der Waals surface area contributed by atoms with E-state index in [9.17, 15) is 24.3 Å². The summed E-state index contributed by atoms with van der Waals surface area (Å²) in [4.78, 5) is 55.0. The number of allylic oxidation sites excluding steroid dienone is 6. The van der Waals surface area contributed by atoms with Gasteiger partial charge >= 0.3 is 0 Å². The fourth-order valence-corrected chi connectivity index (χ4v) is 6.92. The van der Waals surface area contributed by atoms with Gasteiger partial charge in [-0.2, -0.15) is 0 Å². The maximum absolute atomic E-state index is 13.8. The first-order valence-corrected chi connectivity index (χ1v) is 13.2. The molecule has 0 spiro atoms. The van der Waals surface area contributed by atoms with Crippen molar-refractivity contribution >= 4 is 68.2 Å². The molecule has 6 rings (SSSR count). The molecule has 4 unspecified atom stereocenters. The Bertz CT molecular complexity index is 1520. The number of phenols is 1. The number of aromatic hydroxyl groups is 1. The van der Waals surface area contributed by atoms with Gasteiger partial charge < -0.3 is 5.11 Å². The maximum atomic E-state index is 13.8. The van der Waals surface area contributed by atoms with Gasteiger partial charge in [0.1, 0.15) is 5.75 Å². The number of Topliss-reactive ketones (excluding diaryl/α,β-unsaturated/α-hetero) is 1. The molecule has 0 saturated carbocycles. The Kier molecular flexibility index (Phi) is 5.78.